The van der Waals surface area contributed by atoms with Crippen LogP contribution in [0.15, 0.2) is 0 Å². The first-order valence-electron chi connectivity index (χ1n) is 7.34. The Kier molecular flexibility index (Phi) is 5.19. The van der Waals surface area contributed by atoms with E-state index in [9.17, 15) is 9.59 Å². The number of hydrogen-bond acceptors (Lipinski definition) is 4. The molecule has 1 heterocycles. The van der Waals surface area contributed by atoms with E-state index in [1.165, 1.54) is 0 Å². The molecule has 0 bridgehead atoms. The quantitative estimate of drug-likeness (QED) is 0.778. The predicted molar refractivity (Wildman–Crippen MR) is 72.0 cm³/mol. The zero-order valence-electron chi connectivity index (χ0n) is 11.8. The normalized spacial score (nSPS) is 22.6. The highest BCUT2D eigenvalue weighted by atomic mass is 16.6. The number of carbonyl (C=O) groups is 2. The van der Waals surface area contributed by atoms with E-state index in [4.69, 9.17) is 4.74 Å². The van der Waals surface area contributed by atoms with Crippen LogP contribution in [0.3, 0.4) is 0 Å². The van der Waals surface area contributed by atoms with Crippen LogP contribution in [0.4, 0.5) is 4.79 Å². The van der Waals surface area contributed by atoms with Crippen LogP contribution < -0.4 is 0 Å². The molecule has 2 fully saturated rings. The Morgan fingerprint density at radius 3 is 2.42 bits per heavy atom. The number of piperazine rings is 1. The Hall–Kier alpha value is -1.10. The van der Waals surface area contributed by atoms with Crippen molar-refractivity contribution in [3.8, 4) is 0 Å². The van der Waals surface area contributed by atoms with Gasteiger partial charge in [0.25, 0.3) is 0 Å². The molecule has 0 aromatic carbocycles. The minimum absolute atomic E-state index is 0.189. The molecule has 108 valence electrons. The van der Waals surface area contributed by atoms with E-state index in [1.807, 2.05) is 6.92 Å². The first-order valence-corrected chi connectivity index (χ1v) is 7.34. The van der Waals surface area contributed by atoms with E-state index < -0.39 is 0 Å². The van der Waals surface area contributed by atoms with Crippen molar-refractivity contribution in [2.24, 2.45) is 5.92 Å². The lowest BCUT2D eigenvalue weighted by Crippen LogP contribution is -2.50. The average molecular weight is 268 g/mol. The van der Waals surface area contributed by atoms with E-state index >= 15 is 0 Å². The van der Waals surface area contributed by atoms with Gasteiger partial charge >= 0.3 is 6.09 Å². The van der Waals surface area contributed by atoms with Crippen LogP contribution >= 0.6 is 0 Å². The molecule has 0 aromatic rings. The standard InChI is InChI=1S/C14H24N2O3/c1-2-19-14(18)16-9-7-15(8-10-16)11-12-3-5-13(17)6-4-12/h12H,2-11H2,1H3. The van der Waals surface area contributed by atoms with Crippen LogP contribution in [0.2, 0.25) is 0 Å². The summed E-state index contributed by atoms with van der Waals surface area (Å²) in [4.78, 5) is 27.0. The van der Waals surface area contributed by atoms with Gasteiger partial charge < -0.3 is 9.64 Å². The van der Waals surface area contributed by atoms with Crippen LogP contribution in [0.5, 0.6) is 0 Å². The Morgan fingerprint density at radius 1 is 1.21 bits per heavy atom. The van der Waals surface area contributed by atoms with Gasteiger partial charge in [-0.2, -0.15) is 0 Å². The molecule has 0 spiro atoms. The highest BCUT2D eigenvalue weighted by molar-refractivity contribution is 5.79. The fourth-order valence-corrected chi connectivity index (χ4v) is 2.88. The molecular weight excluding hydrogens is 244 g/mol. The summed E-state index contributed by atoms with van der Waals surface area (Å²) in [7, 11) is 0. The molecule has 0 N–H and O–H groups in total. The minimum atomic E-state index is -0.189. The van der Waals surface area contributed by atoms with Crippen molar-refractivity contribution in [2.45, 2.75) is 32.6 Å². The van der Waals surface area contributed by atoms with Gasteiger partial charge in [0.15, 0.2) is 0 Å². The van der Waals surface area contributed by atoms with Crippen molar-refractivity contribution >= 4 is 11.9 Å². The Balaban J connectivity index is 1.68. The largest absolute Gasteiger partial charge is 0.450 e. The van der Waals surface area contributed by atoms with Gasteiger partial charge in [-0.3, -0.25) is 9.69 Å². The third-order valence-corrected chi connectivity index (χ3v) is 4.08. The number of hydrogen-bond donors (Lipinski definition) is 0. The Bertz CT molecular complexity index is 315. The summed E-state index contributed by atoms with van der Waals surface area (Å²) in [6.45, 7) is 6.69. The van der Waals surface area contributed by atoms with E-state index in [0.717, 1.165) is 58.4 Å². The fourth-order valence-electron chi connectivity index (χ4n) is 2.88. The highest BCUT2D eigenvalue weighted by Gasteiger charge is 2.25. The molecule has 1 aliphatic heterocycles. The molecule has 2 rings (SSSR count). The number of Topliss-reactive ketones (excluding diaryl/α,β-unsaturated/α-hetero) is 1. The number of rotatable bonds is 3. The summed E-state index contributed by atoms with van der Waals surface area (Å²) in [6.07, 6.45) is 3.40. The van der Waals surface area contributed by atoms with Gasteiger partial charge in [0.2, 0.25) is 0 Å². The summed E-state index contributed by atoms with van der Waals surface area (Å²) in [5, 5.41) is 0. The smallest absolute Gasteiger partial charge is 0.409 e. The number of amides is 1. The molecule has 0 aromatic heterocycles. The van der Waals surface area contributed by atoms with Crippen LogP contribution in [0.25, 0.3) is 0 Å². The van der Waals surface area contributed by atoms with E-state index in [1.54, 1.807) is 4.90 Å². The molecule has 0 atom stereocenters. The van der Waals surface area contributed by atoms with Crippen molar-refractivity contribution < 1.29 is 14.3 Å². The third-order valence-electron chi connectivity index (χ3n) is 4.08. The lowest BCUT2D eigenvalue weighted by atomic mass is 9.88. The zero-order valence-corrected chi connectivity index (χ0v) is 11.8. The maximum Gasteiger partial charge on any atom is 0.409 e. The molecule has 2 aliphatic rings. The number of ketones is 1. The van der Waals surface area contributed by atoms with Gasteiger partial charge in [-0.1, -0.05) is 0 Å². The maximum absolute atomic E-state index is 11.6. The molecule has 1 aliphatic carbocycles. The second kappa shape index (κ2) is 6.89. The highest BCUT2D eigenvalue weighted by Crippen LogP contribution is 2.22. The molecule has 0 radical (unpaired) electrons. The SMILES string of the molecule is CCOC(=O)N1CCN(CC2CCC(=O)CC2)CC1. The lowest BCUT2D eigenvalue weighted by Gasteiger charge is -2.36. The summed E-state index contributed by atoms with van der Waals surface area (Å²) in [5.74, 6) is 1.08. The first kappa shape index (κ1) is 14.3. The molecular formula is C14H24N2O3. The molecule has 0 unspecified atom stereocenters. The summed E-state index contributed by atoms with van der Waals surface area (Å²) in [5.41, 5.74) is 0. The van der Waals surface area contributed by atoms with Gasteiger partial charge in [0.1, 0.15) is 5.78 Å². The van der Waals surface area contributed by atoms with Crippen LogP contribution in [0, 0.1) is 5.92 Å². The van der Waals surface area contributed by atoms with E-state index in [0.29, 0.717) is 18.3 Å². The van der Waals surface area contributed by atoms with E-state index in [-0.39, 0.29) is 6.09 Å². The second-order valence-electron chi connectivity index (χ2n) is 5.47. The van der Waals surface area contributed by atoms with E-state index in [2.05, 4.69) is 4.90 Å². The van der Waals surface area contributed by atoms with Crippen LogP contribution in [0.1, 0.15) is 32.6 Å². The fraction of sp³-hybridized carbons (Fsp3) is 0.857. The molecule has 1 amide bonds. The summed E-state index contributed by atoms with van der Waals surface area (Å²) < 4.78 is 5.01. The van der Waals surface area contributed by atoms with Crippen LogP contribution in [-0.2, 0) is 9.53 Å². The number of nitrogens with zero attached hydrogens (tertiary/aromatic N) is 2. The number of carbonyl (C=O) groups excluding carboxylic acids is 2. The second-order valence-corrected chi connectivity index (χ2v) is 5.47. The molecule has 5 nitrogen and oxygen atoms in total. The molecule has 19 heavy (non-hydrogen) atoms. The number of ether oxygens (including phenoxy) is 1. The zero-order chi connectivity index (χ0) is 13.7. The van der Waals surface area contributed by atoms with Crippen molar-refractivity contribution in [1.82, 2.24) is 9.80 Å². The molecule has 1 saturated carbocycles. The van der Waals surface area contributed by atoms with Gasteiger partial charge in [-0.25, -0.2) is 4.79 Å². The van der Waals surface area contributed by atoms with Gasteiger partial charge in [0, 0.05) is 45.6 Å². The predicted octanol–water partition coefficient (Wildman–Crippen LogP) is 1.52. The topological polar surface area (TPSA) is 49.9 Å². The van der Waals surface area contributed by atoms with Gasteiger partial charge in [-0.15, -0.1) is 0 Å². The minimum Gasteiger partial charge on any atom is -0.450 e. The molecule has 1 saturated heterocycles. The maximum atomic E-state index is 11.6. The Morgan fingerprint density at radius 2 is 1.84 bits per heavy atom. The third kappa shape index (κ3) is 4.20. The van der Waals surface area contributed by atoms with Gasteiger partial charge in [-0.05, 0) is 25.7 Å². The first-order chi connectivity index (χ1) is 9.19. The average Bonchev–Trinajstić information content (AvgIpc) is 2.42. The monoisotopic (exact) mass is 268 g/mol. The van der Waals surface area contributed by atoms with Crippen molar-refractivity contribution in [3.63, 3.8) is 0 Å². The molecule has 5 heteroatoms. The van der Waals surface area contributed by atoms with Crippen molar-refractivity contribution in [1.29, 1.82) is 0 Å². The summed E-state index contributed by atoms with van der Waals surface area (Å²) in [6, 6.07) is 0. The van der Waals surface area contributed by atoms with Crippen molar-refractivity contribution in [3.05, 3.63) is 0 Å². The van der Waals surface area contributed by atoms with Crippen LogP contribution in [-0.4, -0.2) is 61.0 Å². The Labute approximate surface area is 114 Å². The lowest BCUT2D eigenvalue weighted by molar-refractivity contribution is -0.121. The van der Waals surface area contributed by atoms with Gasteiger partial charge in [0.05, 0.1) is 6.61 Å². The van der Waals surface area contributed by atoms with Crippen molar-refractivity contribution in [2.75, 3.05) is 39.3 Å². The summed E-state index contributed by atoms with van der Waals surface area (Å²) >= 11 is 0.